The van der Waals surface area contributed by atoms with Gasteiger partial charge in [-0.2, -0.15) is 0 Å². The topological polar surface area (TPSA) is 38.7 Å². The Morgan fingerprint density at radius 3 is 1.64 bits per heavy atom. The van der Waals surface area contributed by atoms with Crippen molar-refractivity contribution >= 4 is 37.1 Å². The van der Waals surface area contributed by atoms with Crippen LogP contribution < -0.4 is 0 Å². The van der Waals surface area contributed by atoms with Gasteiger partial charge in [-0.05, 0) is 81.6 Å². The van der Waals surface area contributed by atoms with E-state index in [1.54, 1.807) is 11.3 Å². The second-order valence-corrected chi connectivity index (χ2v) is 15.0. The maximum atomic E-state index is 5.09. The maximum Gasteiger partial charge on any atom is 0.164 e. The number of benzene rings is 7. The van der Waals surface area contributed by atoms with Crippen LogP contribution in [-0.4, -0.2) is 15.0 Å². The van der Waals surface area contributed by atoms with E-state index in [9.17, 15) is 0 Å². The van der Waals surface area contributed by atoms with Crippen molar-refractivity contribution in [3.63, 3.8) is 0 Å². The molecule has 0 spiro atoms. The summed E-state index contributed by atoms with van der Waals surface area (Å²) in [6, 6.07) is 60.2. The fourth-order valence-electron chi connectivity index (χ4n) is 7.64. The van der Waals surface area contributed by atoms with Crippen LogP contribution in [0.4, 0.5) is 0 Å². The van der Waals surface area contributed by atoms with Crippen LogP contribution >= 0.6 is 11.3 Å². The molecule has 260 valence electrons. The first-order valence-corrected chi connectivity index (χ1v) is 19.6. The Bertz CT molecular complexity index is 2850. The molecule has 0 atom stereocenters. The molecule has 0 aliphatic heterocycles. The summed E-state index contributed by atoms with van der Waals surface area (Å²) >= 11 is 1.81. The predicted molar refractivity (Wildman–Crippen MR) is 232 cm³/mol. The summed E-state index contributed by atoms with van der Waals surface area (Å²) in [4.78, 5) is 15.1. The van der Waals surface area contributed by atoms with E-state index in [0.717, 1.165) is 29.5 Å². The molecule has 1 aliphatic rings. The number of fused-ring (bicyclic) bond motifs is 3. The molecule has 1 aliphatic carbocycles. The molecule has 3 nitrogen and oxygen atoms in total. The standard InChI is InChI=1S/C51H35N3S/c1-4-14-36(15-5-1)42-22-10-11-23-43(42)41-21-12-20-39(32-41)34-26-28-35(29-27-34)40-30-31-46-45(33-40)48-44(24-13-25-47(48)55-46)51-53-49(37-16-6-2-7-17-37)52-50(54-51)38-18-8-3-9-19-38/h2-4,6-33H,1,5H2. The lowest BCUT2D eigenvalue weighted by atomic mass is 9.90. The molecule has 2 aromatic heterocycles. The zero-order valence-electron chi connectivity index (χ0n) is 30.1. The number of nitrogens with zero attached hydrogens (tertiary/aromatic N) is 3. The summed E-state index contributed by atoms with van der Waals surface area (Å²) in [6.07, 6.45) is 9.10. The fourth-order valence-corrected chi connectivity index (χ4v) is 8.76. The first-order valence-electron chi connectivity index (χ1n) is 18.8. The van der Waals surface area contributed by atoms with Gasteiger partial charge in [0.2, 0.25) is 0 Å². The number of hydrogen-bond acceptors (Lipinski definition) is 4. The molecule has 0 saturated carbocycles. The predicted octanol–water partition coefficient (Wildman–Crippen LogP) is 14.0. The molecule has 2 heterocycles. The molecule has 0 amide bonds. The molecular weight excluding hydrogens is 687 g/mol. The Balaban J connectivity index is 1.02. The maximum absolute atomic E-state index is 5.09. The highest BCUT2D eigenvalue weighted by molar-refractivity contribution is 7.26. The van der Waals surface area contributed by atoms with Gasteiger partial charge in [-0.3, -0.25) is 0 Å². The zero-order chi connectivity index (χ0) is 36.6. The lowest BCUT2D eigenvalue weighted by Gasteiger charge is -2.14. The summed E-state index contributed by atoms with van der Waals surface area (Å²) in [5, 5.41) is 2.37. The number of thiophene rings is 1. The average molecular weight is 722 g/mol. The van der Waals surface area contributed by atoms with Crippen LogP contribution in [0.3, 0.4) is 0 Å². The van der Waals surface area contributed by atoms with Gasteiger partial charge in [-0.15, -0.1) is 11.3 Å². The van der Waals surface area contributed by atoms with Gasteiger partial charge in [0.15, 0.2) is 17.5 Å². The second-order valence-electron chi connectivity index (χ2n) is 13.9. The van der Waals surface area contributed by atoms with Crippen molar-refractivity contribution in [3.8, 4) is 67.5 Å². The molecule has 10 rings (SSSR count). The fraction of sp³-hybridized carbons (Fsp3) is 0.0392. The van der Waals surface area contributed by atoms with E-state index in [1.807, 2.05) is 36.4 Å². The van der Waals surface area contributed by atoms with Crippen LogP contribution in [0.25, 0.3) is 93.3 Å². The summed E-state index contributed by atoms with van der Waals surface area (Å²) < 4.78 is 2.44. The third-order valence-electron chi connectivity index (χ3n) is 10.4. The van der Waals surface area contributed by atoms with Gasteiger partial charge in [-0.1, -0.05) is 164 Å². The molecule has 9 aromatic rings. The van der Waals surface area contributed by atoms with Gasteiger partial charge >= 0.3 is 0 Å². The number of aromatic nitrogens is 3. The molecular formula is C51H35N3S. The summed E-state index contributed by atoms with van der Waals surface area (Å²) in [5.41, 5.74) is 12.8. The van der Waals surface area contributed by atoms with Crippen molar-refractivity contribution in [2.45, 2.75) is 12.8 Å². The highest BCUT2D eigenvalue weighted by Crippen LogP contribution is 2.42. The number of hydrogen-bond donors (Lipinski definition) is 0. The quantitative estimate of drug-likeness (QED) is 0.164. The minimum absolute atomic E-state index is 0.662. The number of allylic oxidation sites excluding steroid dienone is 4. The van der Waals surface area contributed by atoms with Gasteiger partial charge in [0.25, 0.3) is 0 Å². The van der Waals surface area contributed by atoms with Gasteiger partial charge in [0.05, 0.1) is 0 Å². The average Bonchev–Trinajstić information content (AvgIpc) is 3.66. The van der Waals surface area contributed by atoms with E-state index < -0.39 is 0 Å². The Morgan fingerprint density at radius 2 is 0.945 bits per heavy atom. The SMILES string of the molecule is C1=CC(c2ccccc2-c2cccc(-c3ccc(-c4ccc5sc6cccc(-c7nc(-c8ccccc8)nc(-c8ccccc8)n7)c6c5c4)cc3)c2)=CCC1. The highest BCUT2D eigenvalue weighted by Gasteiger charge is 2.18. The first-order chi connectivity index (χ1) is 27.2. The van der Waals surface area contributed by atoms with Crippen molar-refractivity contribution < 1.29 is 0 Å². The van der Waals surface area contributed by atoms with E-state index in [1.165, 1.54) is 64.7 Å². The van der Waals surface area contributed by atoms with E-state index in [4.69, 9.17) is 15.0 Å². The summed E-state index contributed by atoms with van der Waals surface area (Å²) in [6.45, 7) is 0. The largest absolute Gasteiger partial charge is 0.208 e. The monoisotopic (exact) mass is 721 g/mol. The molecule has 0 N–H and O–H groups in total. The molecule has 0 radical (unpaired) electrons. The zero-order valence-corrected chi connectivity index (χ0v) is 30.9. The van der Waals surface area contributed by atoms with Gasteiger partial charge in [0, 0.05) is 36.9 Å². The summed E-state index contributed by atoms with van der Waals surface area (Å²) in [5.74, 6) is 2.00. The van der Waals surface area contributed by atoms with Crippen LogP contribution in [0.2, 0.25) is 0 Å². The molecule has 0 fully saturated rings. The minimum atomic E-state index is 0.662. The van der Waals surface area contributed by atoms with Crippen molar-refractivity contribution in [1.29, 1.82) is 0 Å². The molecule has 7 aromatic carbocycles. The molecule has 0 saturated heterocycles. The van der Waals surface area contributed by atoms with Crippen LogP contribution in [0.1, 0.15) is 18.4 Å². The van der Waals surface area contributed by atoms with Crippen molar-refractivity contribution in [3.05, 3.63) is 194 Å². The third-order valence-corrected chi connectivity index (χ3v) is 11.5. The molecule has 55 heavy (non-hydrogen) atoms. The van der Waals surface area contributed by atoms with Crippen LogP contribution in [0, 0.1) is 0 Å². The Hall–Kier alpha value is -6.75. The van der Waals surface area contributed by atoms with Gasteiger partial charge in [0.1, 0.15) is 0 Å². The second kappa shape index (κ2) is 14.2. The molecule has 0 unspecified atom stereocenters. The van der Waals surface area contributed by atoms with Crippen LogP contribution in [0.15, 0.2) is 188 Å². The van der Waals surface area contributed by atoms with Gasteiger partial charge in [-0.25, -0.2) is 15.0 Å². The first kappa shape index (κ1) is 32.9. The van der Waals surface area contributed by atoms with Gasteiger partial charge < -0.3 is 0 Å². The van der Waals surface area contributed by atoms with E-state index in [-0.39, 0.29) is 0 Å². The van der Waals surface area contributed by atoms with Crippen molar-refractivity contribution in [1.82, 2.24) is 15.0 Å². The number of rotatable bonds is 7. The Morgan fingerprint density at radius 1 is 0.382 bits per heavy atom. The van der Waals surface area contributed by atoms with E-state index >= 15 is 0 Å². The Kier molecular flexibility index (Phi) is 8.51. The van der Waals surface area contributed by atoms with Crippen LogP contribution in [0.5, 0.6) is 0 Å². The molecule has 4 heteroatoms. The third kappa shape index (κ3) is 6.37. The van der Waals surface area contributed by atoms with Crippen molar-refractivity contribution in [2.24, 2.45) is 0 Å². The summed E-state index contributed by atoms with van der Waals surface area (Å²) in [7, 11) is 0. The normalized spacial score (nSPS) is 12.6. The van der Waals surface area contributed by atoms with Crippen molar-refractivity contribution in [2.75, 3.05) is 0 Å². The lowest BCUT2D eigenvalue weighted by molar-refractivity contribution is 1.04. The molecule has 0 bridgehead atoms. The van der Waals surface area contributed by atoms with E-state index in [0.29, 0.717) is 17.5 Å². The Labute approximate surface area is 324 Å². The smallest absolute Gasteiger partial charge is 0.164 e. The lowest BCUT2D eigenvalue weighted by Crippen LogP contribution is -2.00. The highest BCUT2D eigenvalue weighted by atomic mass is 32.1. The minimum Gasteiger partial charge on any atom is -0.208 e. The van der Waals surface area contributed by atoms with E-state index in [2.05, 4.69) is 152 Å². The van der Waals surface area contributed by atoms with Crippen LogP contribution in [-0.2, 0) is 0 Å².